The van der Waals surface area contributed by atoms with Crippen molar-refractivity contribution in [3.05, 3.63) is 58.9 Å². The van der Waals surface area contributed by atoms with Gasteiger partial charge in [-0.3, -0.25) is 0 Å². The molecule has 4 rings (SSSR count). The van der Waals surface area contributed by atoms with Gasteiger partial charge in [0, 0.05) is 17.8 Å². The van der Waals surface area contributed by atoms with Crippen LogP contribution >= 0.6 is 11.6 Å². The van der Waals surface area contributed by atoms with Crippen molar-refractivity contribution in [3.8, 4) is 0 Å². The molecular formula is C17H15ClN4O2. The number of carboxylic acids is 1. The summed E-state index contributed by atoms with van der Waals surface area (Å²) in [5, 5.41) is 14.0. The van der Waals surface area contributed by atoms with Crippen molar-refractivity contribution >= 4 is 29.0 Å². The number of fused-ring (bicyclic) bond motifs is 1. The fourth-order valence-electron chi connectivity index (χ4n) is 3.27. The first-order chi connectivity index (χ1) is 11.6. The van der Waals surface area contributed by atoms with Crippen LogP contribution in [0.15, 0.2) is 42.7 Å². The van der Waals surface area contributed by atoms with E-state index in [0.29, 0.717) is 10.7 Å². The second-order valence-electron chi connectivity index (χ2n) is 5.82. The van der Waals surface area contributed by atoms with E-state index in [1.165, 1.54) is 10.7 Å². The number of rotatable bonds is 3. The lowest BCUT2D eigenvalue weighted by Crippen LogP contribution is -2.23. The molecule has 1 aliphatic rings. The number of halogens is 1. The summed E-state index contributed by atoms with van der Waals surface area (Å²) in [6.07, 6.45) is 5.14. The Bertz CT molecular complexity index is 924. The molecule has 1 atom stereocenters. The predicted molar refractivity (Wildman–Crippen MR) is 90.7 cm³/mol. The van der Waals surface area contributed by atoms with E-state index >= 15 is 0 Å². The molecule has 0 spiro atoms. The van der Waals surface area contributed by atoms with Gasteiger partial charge >= 0.3 is 5.97 Å². The average Bonchev–Trinajstić information content (AvgIpc) is 3.21. The van der Waals surface area contributed by atoms with Crippen molar-refractivity contribution < 1.29 is 9.90 Å². The number of benzene rings is 1. The van der Waals surface area contributed by atoms with Crippen LogP contribution in [0.25, 0.3) is 5.65 Å². The summed E-state index contributed by atoms with van der Waals surface area (Å²) in [6.45, 7) is 0.872. The summed E-state index contributed by atoms with van der Waals surface area (Å²) in [4.78, 5) is 18.1. The minimum atomic E-state index is -1.03. The Morgan fingerprint density at radius 2 is 2.21 bits per heavy atom. The summed E-state index contributed by atoms with van der Waals surface area (Å²) in [5.41, 5.74) is 1.61. The maximum atomic E-state index is 11.3. The van der Waals surface area contributed by atoms with Crippen molar-refractivity contribution in [2.24, 2.45) is 0 Å². The summed E-state index contributed by atoms with van der Waals surface area (Å²) in [5.74, 6) is -0.268. The van der Waals surface area contributed by atoms with Crippen molar-refractivity contribution in [1.29, 1.82) is 0 Å². The maximum Gasteiger partial charge on any atom is 0.341 e. The summed E-state index contributed by atoms with van der Waals surface area (Å²) in [7, 11) is 0. The smallest absolute Gasteiger partial charge is 0.341 e. The first-order valence-corrected chi connectivity index (χ1v) is 8.11. The van der Waals surface area contributed by atoms with E-state index in [-0.39, 0.29) is 11.6 Å². The molecule has 2 aromatic heterocycles. The molecule has 24 heavy (non-hydrogen) atoms. The quantitative estimate of drug-likeness (QED) is 0.789. The van der Waals surface area contributed by atoms with Gasteiger partial charge in [0.15, 0.2) is 5.65 Å². The molecule has 0 bridgehead atoms. The lowest BCUT2D eigenvalue weighted by Gasteiger charge is -2.26. The minimum Gasteiger partial charge on any atom is -0.477 e. The van der Waals surface area contributed by atoms with Crippen LogP contribution in [0.4, 0.5) is 5.82 Å². The summed E-state index contributed by atoms with van der Waals surface area (Å²) >= 11 is 6.13. The van der Waals surface area contributed by atoms with Crippen molar-refractivity contribution in [2.45, 2.75) is 18.9 Å². The topological polar surface area (TPSA) is 70.7 Å². The molecule has 1 unspecified atom stereocenters. The van der Waals surface area contributed by atoms with Crippen molar-refractivity contribution in [1.82, 2.24) is 14.6 Å². The van der Waals surface area contributed by atoms with Crippen molar-refractivity contribution in [3.63, 3.8) is 0 Å². The van der Waals surface area contributed by atoms with Crippen LogP contribution in [0, 0.1) is 0 Å². The minimum absolute atomic E-state index is 0.107. The van der Waals surface area contributed by atoms with Gasteiger partial charge in [-0.15, -0.1) is 0 Å². The van der Waals surface area contributed by atoms with Gasteiger partial charge in [-0.05, 0) is 36.6 Å². The van der Waals surface area contributed by atoms with Crippen LogP contribution in [0.1, 0.15) is 34.8 Å². The second kappa shape index (κ2) is 5.79. The monoisotopic (exact) mass is 342 g/mol. The Balaban J connectivity index is 1.75. The molecule has 3 aromatic rings. The lowest BCUT2D eigenvalue weighted by atomic mass is 10.0. The molecule has 0 amide bonds. The molecule has 1 fully saturated rings. The number of carbonyl (C=O) groups is 1. The van der Waals surface area contributed by atoms with E-state index in [0.717, 1.165) is 30.8 Å². The van der Waals surface area contributed by atoms with E-state index < -0.39 is 5.97 Å². The van der Waals surface area contributed by atoms with E-state index in [4.69, 9.17) is 11.6 Å². The highest BCUT2D eigenvalue weighted by atomic mass is 35.5. The molecule has 1 aromatic carbocycles. The number of carboxylic acid groups (broad SMARTS) is 1. The number of hydrogen-bond acceptors (Lipinski definition) is 4. The third-order valence-electron chi connectivity index (χ3n) is 4.37. The van der Waals surface area contributed by atoms with Gasteiger partial charge in [0.2, 0.25) is 0 Å². The fraction of sp³-hybridized carbons (Fsp3) is 0.235. The molecule has 0 saturated carbocycles. The highest BCUT2D eigenvalue weighted by Gasteiger charge is 2.28. The van der Waals surface area contributed by atoms with E-state index in [9.17, 15) is 9.90 Å². The third kappa shape index (κ3) is 2.49. The Kier molecular flexibility index (Phi) is 3.61. The van der Waals surface area contributed by atoms with Gasteiger partial charge in [0.25, 0.3) is 0 Å². The molecule has 122 valence electrons. The number of nitrogens with zero attached hydrogens (tertiary/aromatic N) is 4. The second-order valence-corrected chi connectivity index (χ2v) is 6.26. The first-order valence-electron chi connectivity index (χ1n) is 7.73. The molecular weight excluding hydrogens is 328 g/mol. The van der Waals surface area contributed by atoms with Crippen molar-refractivity contribution in [2.75, 3.05) is 11.4 Å². The largest absolute Gasteiger partial charge is 0.477 e. The SMILES string of the molecule is O=C(O)c1cnn2ccc(N3CCCC3c3cccc(Cl)c3)nc12. The van der Waals surface area contributed by atoms with E-state index in [1.807, 2.05) is 24.3 Å². The van der Waals surface area contributed by atoms with Crippen LogP contribution in [-0.4, -0.2) is 32.2 Å². The fourth-order valence-corrected chi connectivity index (χ4v) is 3.47. The molecule has 7 heteroatoms. The molecule has 0 radical (unpaired) electrons. The zero-order chi connectivity index (χ0) is 16.7. The van der Waals surface area contributed by atoms with E-state index in [1.54, 1.807) is 6.20 Å². The number of hydrogen-bond donors (Lipinski definition) is 1. The molecule has 6 nitrogen and oxygen atoms in total. The van der Waals surface area contributed by atoms with Crippen LogP contribution in [0.3, 0.4) is 0 Å². The average molecular weight is 343 g/mol. The van der Waals surface area contributed by atoms with Gasteiger partial charge in [0.1, 0.15) is 11.4 Å². The van der Waals surface area contributed by atoms with Gasteiger partial charge < -0.3 is 10.0 Å². The maximum absolute atomic E-state index is 11.3. The normalized spacial score (nSPS) is 17.5. The summed E-state index contributed by atoms with van der Waals surface area (Å²) < 4.78 is 1.48. The Morgan fingerprint density at radius 3 is 3.00 bits per heavy atom. The van der Waals surface area contributed by atoms with Gasteiger partial charge in [0.05, 0.1) is 12.2 Å². The molecule has 1 saturated heterocycles. The molecule has 1 N–H and O–H groups in total. The number of aromatic nitrogens is 3. The van der Waals surface area contributed by atoms with E-state index in [2.05, 4.69) is 21.0 Å². The standard InChI is InChI=1S/C17H15ClN4O2/c18-12-4-1-3-11(9-12)14-5-2-7-21(14)15-6-8-22-16(20-15)13(10-19-22)17(23)24/h1,3-4,6,8-10,14H,2,5,7H2,(H,23,24). The highest BCUT2D eigenvalue weighted by Crippen LogP contribution is 2.36. The third-order valence-corrected chi connectivity index (χ3v) is 4.60. The molecule has 1 aliphatic heterocycles. The number of aromatic carboxylic acids is 1. The van der Waals surface area contributed by atoms with Crippen LogP contribution in [0.5, 0.6) is 0 Å². The lowest BCUT2D eigenvalue weighted by molar-refractivity contribution is 0.0699. The first kappa shape index (κ1) is 15.0. The van der Waals surface area contributed by atoms with Crippen LogP contribution < -0.4 is 4.90 Å². The molecule has 3 heterocycles. The van der Waals surface area contributed by atoms with Gasteiger partial charge in [-0.1, -0.05) is 23.7 Å². The Morgan fingerprint density at radius 1 is 1.33 bits per heavy atom. The highest BCUT2D eigenvalue weighted by molar-refractivity contribution is 6.30. The number of anilines is 1. The Labute approximate surface area is 143 Å². The summed E-state index contributed by atoms with van der Waals surface area (Å²) in [6, 6.07) is 9.91. The Hall–Kier alpha value is -2.60. The molecule has 0 aliphatic carbocycles. The van der Waals surface area contributed by atoms with Gasteiger partial charge in [-0.25, -0.2) is 14.3 Å². The van der Waals surface area contributed by atoms with Crippen LogP contribution in [-0.2, 0) is 0 Å². The van der Waals surface area contributed by atoms with Gasteiger partial charge in [-0.2, -0.15) is 5.10 Å². The predicted octanol–water partition coefficient (Wildman–Crippen LogP) is 3.42. The zero-order valence-corrected chi connectivity index (χ0v) is 13.5. The van der Waals surface area contributed by atoms with Crippen LogP contribution in [0.2, 0.25) is 5.02 Å². The zero-order valence-electron chi connectivity index (χ0n) is 12.8.